The van der Waals surface area contributed by atoms with Gasteiger partial charge in [0.05, 0.1) is 6.26 Å². The third-order valence-corrected chi connectivity index (χ3v) is 2.97. The monoisotopic (exact) mass is 238 g/mol. The molecule has 1 nitrogen and oxygen atoms in total. The molecule has 17 heavy (non-hydrogen) atoms. The van der Waals surface area contributed by atoms with Crippen LogP contribution in [0.3, 0.4) is 0 Å². The number of rotatable bonds is 12. The predicted octanol–water partition coefficient (Wildman–Crippen LogP) is 5.93. The van der Waals surface area contributed by atoms with Crippen LogP contribution in [0.4, 0.5) is 0 Å². The van der Waals surface area contributed by atoms with Crippen LogP contribution in [-0.4, -0.2) is 5.11 Å². The van der Waals surface area contributed by atoms with E-state index in [0.717, 1.165) is 12.7 Å². The van der Waals surface area contributed by atoms with E-state index in [1.807, 2.05) is 6.08 Å². The summed E-state index contributed by atoms with van der Waals surface area (Å²) in [6.45, 7) is 2.22. The first-order valence-corrected chi connectivity index (χ1v) is 7.36. The molecule has 0 aliphatic rings. The molecule has 0 aromatic heterocycles. The third kappa shape index (κ3) is 15.3. The lowest BCUT2D eigenvalue weighted by Gasteiger charge is -2.00. The molecule has 0 aliphatic carbocycles. The van der Waals surface area contributed by atoms with Gasteiger partial charge in [-0.25, -0.2) is 0 Å². The Morgan fingerprint density at radius 3 is 1.65 bits per heavy atom. The van der Waals surface area contributed by atoms with Crippen LogP contribution in [0, 0.1) is 0 Å². The molecule has 0 aliphatic heterocycles. The van der Waals surface area contributed by atoms with Gasteiger partial charge in [-0.3, -0.25) is 0 Å². The second kappa shape index (κ2) is 15.3. The number of hydrogen-bond donors (Lipinski definition) is 1. The number of hydrogen-bond acceptors (Lipinski definition) is 1. The van der Waals surface area contributed by atoms with Crippen LogP contribution >= 0.6 is 0 Å². The third-order valence-electron chi connectivity index (χ3n) is 2.97. The summed E-state index contributed by atoms with van der Waals surface area (Å²) in [4.78, 5) is 0. The van der Waals surface area contributed by atoms with Crippen molar-refractivity contribution in [2.24, 2.45) is 0 Å². The largest absolute Gasteiger partial charge is 0.516 e. The minimum Gasteiger partial charge on any atom is -0.516 e. The molecule has 0 atom stereocenters. The van der Waals surface area contributed by atoms with Crippen molar-refractivity contribution in [1.82, 2.24) is 0 Å². The van der Waals surface area contributed by atoms with Crippen LogP contribution in [0.2, 0.25) is 0 Å². The lowest BCUT2D eigenvalue weighted by molar-refractivity contribution is 0.469. The predicted molar refractivity (Wildman–Crippen MR) is 77.4 cm³/mol. The Labute approximate surface area is 108 Å². The minimum atomic E-state index is 1.03. The van der Waals surface area contributed by atoms with Crippen molar-refractivity contribution >= 4 is 0 Å². The Balaban J connectivity index is 2.98. The summed E-state index contributed by atoms with van der Waals surface area (Å²) in [5.74, 6) is 0. The maximum absolute atomic E-state index is 8.46. The molecule has 0 heterocycles. The average Bonchev–Trinajstić information content (AvgIpc) is 2.35. The maximum atomic E-state index is 8.46. The van der Waals surface area contributed by atoms with E-state index < -0.39 is 0 Å². The summed E-state index contributed by atoms with van der Waals surface area (Å²) in [6.07, 6.45) is 21.8. The fourth-order valence-electron chi connectivity index (χ4n) is 1.89. The Hall–Kier alpha value is -0.720. The second-order valence-electron chi connectivity index (χ2n) is 4.70. The van der Waals surface area contributed by atoms with Gasteiger partial charge in [-0.1, -0.05) is 63.7 Å². The lowest BCUT2D eigenvalue weighted by Crippen LogP contribution is -1.80. The summed E-state index contributed by atoms with van der Waals surface area (Å²) >= 11 is 0. The molecule has 0 radical (unpaired) electrons. The SMILES string of the molecule is CCCC=CCCCCCCCCC/C=C\O. The molecule has 0 spiro atoms. The van der Waals surface area contributed by atoms with Gasteiger partial charge in [-0.05, 0) is 32.1 Å². The number of aliphatic hydroxyl groups excluding tert-OH is 1. The van der Waals surface area contributed by atoms with Gasteiger partial charge in [0.2, 0.25) is 0 Å². The smallest absolute Gasteiger partial charge is 0.0751 e. The zero-order chi connectivity index (χ0) is 12.6. The fraction of sp³-hybridized carbons (Fsp3) is 0.750. The highest BCUT2D eigenvalue weighted by Gasteiger charge is 1.90. The normalized spacial score (nSPS) is 11.8. The summed E-state index contributed by atoms with van der Waals surface area (Å²) in [6, 6.07) is 0. The molecule has 1 N–H and O–H groups in total. The van der Waals surface area contributed by atoms with Crippen LogP contribution in [-0.2, 0) is 0 Å². The van der Waals surface area contributed by atoms with Crippen molar-refractivity contribution in [3.63, 3.8) is 0 Å². The van der Waals surface area contributed by atoms with Gasteiger partial charge >= 0.3 is 0 Å². The first kappa shape index (κ1) is 16.3. The molecule has 0 fully saturated rings. The standard InChI is InChI=1S/C16H30O/c1-2-3-4-5-6-7-8-9-10-11-12-13-14-15-16-17/h4-5,15-17H,2-3,6-14H2,1H3/b5-4?,16-15-. The first-order chi connectivity index (χ1) is 8.41. The van der Waals surface area contributed by atoms with Crippen molar-refractivity contribution in [3.8, 4) is 0 Å². The van der Waals surface area contributed by atoms with Gasteiger partial charge in [-0.2, -0.15) is 0 Å². The highest BCUT2D eigenvalue weighted by molar-refractivity contribution is 4.80. The molecule has 0 saturated heterocycles. The molecule has 0 unspecified atom stereocenters. The quantitative estimate of drug-likeness (QED) is 0.254. The molecular formula is C16H30O. The zero-order valence-electron chi connectivity index (χ0n) is 11.5. The van der Waals surface area contributed by atoms with E-state index in [4.69, 9.17) is 5.11 Å². The van der Waals surface area contributed by atoms with Gasteiger partial charge in [0.1, 0.15) is 0 Å². The Kier molecular flexibility index (Phi) is 14.6. The summed E-state index contributed by atoms with van der Waals surface area (Å²) in [7, 11) is 0. The van der Waals surface area contributed by atoms with E-state index in [-0.39, 0.29) is 0 Å². The lowest BCUT2D eigenvalue weighted by atomic mass is 10.1. The van der Waals surface area contributed by atoms with Gasteiger partial charge in [0.25, 0.3) is 0 Å². The van der Waals surface area contributed by atoms with Crippen LogP contribution in [0.25, 0.3) is 0 Å². The Bertz CT molecular complexity index is 182. The van der Waals surface area contributed by atoms with Crippen LogP contribution < -0.4 is 0 Å². The van der Waals surface area contributed by atoms with Crippen molar-refractivity contribution in [3.05, 3.63) is 24.5 Å². The van der Waals surface area contributed by atoms with E-state index in [1.54, 1.807) is 0 Å². The molecule has 0 saturated carbocycles. The Morgan fingerprint density at radius 1 is 0.647 bits per heavy atom. The highest BCUT2D eigenvalue weighted by Crippen LogP contribution is 2.10. The Morgan fingerprint density at radius 2 is 1.12 bits per heavy atom. The maximum Gasteiger partial charge on any atom is 0.0751 e. The first-order valence-electron chi connectivity index (χ1n) is 7.36. The van der Waals surface area contributed by atoms with Gasteiger partial charge in [0, 0.05) is 0 Å². The minimum absolute atomic E-state index is 1.03. The molecule has 1 heteroatoms. The van der Waals surface area contributed by atoms with Crippen LogP contribution in [0.15, 0.2) is 24.5 Å². The van der Waals surface area contributed by atoms with Gasteiger partial charge in [0.15, 0.2) is 0 Å². The number of aliphatic hydroxyl groups is 1. The van der Waals surface area contributed by atoms with Crippen molar-refractivity contribution < 1.29 is 5.11 Å². The van der Waals surface area contributed by atoms with Gasteiger partial charge in [-0.15, -0.1) is 0 Å². The second-order valence-corrected chi connectivity index (χ2v) is 4.70. The number of unbranched alkanes of at least 4 members (excludes halogenated alkanes) is 9. The molecule has 0 bridgehead atoms. The summed E-state index contributed by atoms with van der Waals surface area (Å²) in [5.41, 5.74) is 0. The van der Waals surface area contributed by atoms with Gasteiger partial charge < -0.3 is 5.11 Å². The molecule has 0 aromatic rings. The molecular weight excluding hydrogens is 208 g/mol. The molecule has 0 aromatic carbocycles. The van der Waals surface area contributed by atoms with Crippen LogP contribution in [0.1, 0.15) is 77.6 Å². The molecule has 0 rings (SSSR count). The molecule has 0 amide bonds. The highest BCUT2D eigenvalue weighted by atomic mass is 16.2. The summed E-state index contributed by atoms with van der Waals surface area (Å²) < 4.78 is 0. The zero-order valence-corrected chi connectivity index (χ0v) is 11.5. The summed E-state index contributed by atoms with van der Waals surface area (Å²) in [5, 5.41) is 8.46. The van der Waals surface area contributed by atoms with E-state index in [2.05, 4.69) is 19.1 Å². The molecule has 100 valence electrons. The number of allylic oxidation sites excluding steroid dienone is 3. The van der Waals surface area contributed by atoms with E-state index in [9.17, 15) is 0 Å². The topological polar surface area (TPSA) is 20.2 Å². The van der Waals surface area contributed by atoms with E-state index in [0.29, 0.717) is 0 Å². The van der Waals surface area contributed by atoms with Crippen molar-refractivity contribution in [2.45, 2.75) is 77.6 Å². The van der Waals surface area contributed by atoms with Crippen molar-refractivity contribution in [1.29, 1.82) is 0 Å². The fourth-order valence-corrected chi connectivity index (χ4v) is 1.89. The van der Waals surface area contributed by atoms with E-state index >= 15 is 0 Å². The van der Waals surface area contributed by atoms with Crippen LogP contribution in [0.5, 0.6) is 0 Å². The van der Waals surface area contributed by atoms with Crippen molar-refractivity contribution in [2.75, 3.05) is 0 Å². The van der Waals surface area contributed by atoms with E-state index in [1.165, 1.54) is 64.2 Å². The average molecular weight is 238 g/mol.